The van der Waals surface area contributed by atoms with Gasteiger partial charge in [0.25, 0.3) is 11.8 Å². The maximum absolute atomic E-state index is 13.1. The fourth-order valence-electron chi connectivity index (χ4n) is 3.64. The monoisotopic (exact) mass is 393 g/mol. The van der Waals surface area contributed by atoms with Crippen molar-refractivity contribution in [1.82, 2.24) is 14.7 Å². The van der Waals surface area contributed by atoms with Crippen LogP contribution in [-0.2, 0) is 6.54 Å². The first-order valence-corrected chi connectivity index (χ1v) is 10.5. The van der Waals surface area contributed by atoms with E-state index >= 15 is 0 Å². The Kier molecular flexibility index (Phi) is 7.04. The van der Waals surface area contributed by atoms with Crippen molar-refractivity contribution >= 4 is 11.8 Å². The van der Waals surface area contributed by atoms with Gasteiger partial charge < -0.3 is 14.7 Å². The van der Waals surface area contributed by atoms with Gasteiger partial charge in [0, 0.05) is 49.9 Å². The number of piperazine rings is 1. The fraction of sp³-hybridized carbons (Fsp3) is 0.417. The van der Waals surface area contributed by atoms with Gasteiger partial charge in [-0.25, -0.2) is 0 Å². The fourth-order valence-corrected chi connectivity index (χ4v) is 3.64. The second-order valence-electron chi connectivity index (χ2n) is 7.82. The summed E-state index contributed by atoms with van der Waals surface area (Å²) in [5, 5.41) is 0. The Balaban J connectivity index is 1.68. The number of amides is 2. The van der Waals surface area contributed by atoms with E-state index in [-0.39, 0.29) is 17.9 Å². The average molecular weight is 394 g/mol. The van der Waals surface area contributed by atoms with Crippen LogP contribution in [0.4, 0.5) is 0 Å². The molecule has 5 nitrogen and oxygen atoms in total. The summed E-state index contributed by atoms with van der Waals surface area (Å²) in [4.78, 5) is 31.9. The third-order valence-electron chi connectivity index (χ3n) is 5.57. The van der Waals surface area contributed by atoms with Crippen molar-refractivity contribution < 1.29 is 9.59 Å². The lowest BCUT2D eigenvalue weighted by atomic mass is 10.1. The molecule has 2 aromatic carbocycles. The minimum Gasteiger partial charge on any atom is -0.336 e. The lowest BCUT2D eigenvalue weighted by molar-refractivity contribution is 0.0640. The summed E-state index contributed by atoms with van der Waals surface area (Å²) in [5.74, 6) is 0.0316. The first-order chi connectivity index (χ1) is 14.0. The van der Waals surface area contributed by atoms with Gasteiger partial charge in [-0.2, -0.15) is 0 Å². The van der Waals surface area contributed by atoms with E-state index in [2.05, 4.69) is 11.8 Å². The summed E-state index contributed by atoms with van der Waals surface area (Å²) in [7, 11) is 0. The van der Waals surface area contributed by atoms with Crippen molar-refractivity contribution in [2.75, 3.05) is 32.7 Å². The highest BCUT2D eigenvalue weighted by atomic mass is 16.2. The van der Waals surface area contributed by atoms with Crippen LogP contribution < -0.4 is 0 Å². The predicted molar refractivity (Wildman–Crippen MR) is 116 cm³/mol. The van der Waals surface area contributed by atoms with Gasteiger partial charge in [-0.05, 0) is 50.2 Å². The number of rotatable bonds is 6. The van der Waals surface area contributed by atoms with Crippen molar-refractivity contribution in [3.63, 3.8) is 0 Å². The van der Waals surface area contributed by atoms with Gasteiger partial charge in [-0.3, -0.25) is 9.59 Å². The van der Waals surface area contributed by atoms with E-state index in [4.69, 9.17) is 0 Å². The normalized spacial score (nSPS) is 14.8. The van der Waals surface area contributed by atoms with Crippen molar-refractivity contribution in [3.05, 3.63) is 71.3 Å². The summed E-state index contributed by atoms with van der Waals surface area (Å²) in [6.07, 6.45) is 0. The largest absolute Gasteiger partial charge is 0.336 e. The number of hydrogen-bond acceptors (Lipinski definition) is 3. The van der Waals surface area contributed by atoms with E-state index in [0.29, 0.717) is 17.7 Å². The average Bonchev–Trinajstić information content (AvgIpc) is 2.77. The molecule has 29 heavy (non-hydrogen) atoms. The molecule has 0 radical (unpaired) electrons. The van der Waals surface area contributed by atoms with Crippen LogP contribution in [-0.4, -0.2) is 65.3 Å². The van der Waals surface area contributed by atoms with Crippen LogP contribution in [0.1, 0.15) is 47.1 Å². The Morgan fingerprint density at radius 3 is 2.03 bits per heavy atom. The van der Waals surface area contributed by atoms with Crippen LogP contribution in [0.15, 0.2) is 54.6 Å². The van der Waals surface area contributed by atoms with Crippen LogP contribution in [0, 0.1) is 0 Å². The lowest BCUT2D eigenvalue weighted by Crippen LogP contribution is -2.48. The third kappa shape index (κ3) is 5.24. The molecule has 0 spiro atoms. The third-order valence-corrected chi connectivity index (χ3v) is 5.57. The van der Waals surface area contributed by atoms with Crippen LogP contribution in [0.5, 0.6) is 0 Å². The van der Waals surface area contributed by atoms with Crippen LogP contribution >= 0.6 is 0 Å². The maximum atomic E-state index is 13.1. The Bertz CT molecular complexity index is 810. The molecule has 0 unspecified atom stereocenters. The van der Waals surface area contributed by atoms with Crippen molar-refractivity contribution in [2.24, 2.45) is 0 Å². The van der Waals surface area contributed by atoms with E-state index < -0.39 is 0 Å². The Morgan fingerprint density at radius 1 is 0.897 bits per heavy atom. The van der Waals surface area contributed by atoms with Crippen molar-refractivity contribution in [2.45, 2.75) is 33.4 Å². The topological polar surface area (TPSA) is 43.9 Å². The van der Waals surface area contributed by atoms with E-state index in [1.807, 2.05) is 54.0 Å². The molecule has 1 saturated heterocycles. The Morgan fingerprint density at radius 2 is 1.48 bits per heavy atom. The highest BCUT2D eigenvalue weighted by molar-refractivity contribution is 5.98. The first kappa shape index (κ1) is 21.1. The zero-order chi connectivity index (χ0) is 20.8. The summed E-state index contributed by atoms with van der Waals surface area (Å²) in [5.41, 5.74) is 2.36. The molecule has 0 aliphatic carbocycles. The van der Waals surface area contributed by atoms with Crippen molar-refractivity contribution in [1.29, 1.82) is 0 Å². The lowest BCUT2D eigenvalue weighted by Gasteiger charge is -2.34. The molecule has 1 aliphatic heterocycles. The van der Waals surface area contributed by atoms with E-state index in [0.717, 1.165) is 38.3 Å². The molecular weight excluding hydrogens is 362 g/mol. The van der Waals surface area contributed by atoms with Crippen LogP contribution in [0.3, 0.4) is 0 Å². The molecule has 3 rings (SSSR count). The molecule has 2 amide bonds. The van der Waals surface area contributed by atoms with Gasteiger partial charge in [-0.15, -0.1) is 0 Å². The molecule has 0 bridgehead atoms. The highest BCUT2D eigenvalue weighted by Crippen LogP contribution is 2.16. The number of nitrogens with zero attached hydrogens (tertiary/aromatic N) is 3. The van der Waals surface area contributed by atoms with Crippen molar-refractivity contribution in [3.8, 4) is 0 Å². The summed E-state index contributed by atoms with van der Waals surface area (Å²) >= 11 is 0. The quantitative estimate of drug-likeness (QED) is 0.754. The smallest absolute Gasteiger partial charge is 0.254 e. The summed E-state index contributed by atoms with van der Waals surface area (Å²) < 4.78 is 0. The minimum absolute atomic E-state index is 0.0144. The van der Waals surface area contributed by atoms with Gasteiger partial charge in [0.05, 0.1) is 0 Å². The SMILES string of the molecule is CCN1CCN(C(=O)c2ccc(C(=O)N(Cc3ccccc3)C(C)C)cc2)CC1. The molecule has 0 N–H and O–H groups in total. The Labute approximate surface area is 173 Å². The molecule has 1 aliphatic rings. The number of benzene rings is 2. The molecular formula is C24H31N3O2. The number of carbonyl (C=O) groups is 2. The second-order valence-corrected chi connectivity index (χ2v) is 7.82. The summed E-state index contributed by atoms with van der Waals surface area (Å²) in [6, 6.07) is 17.2. The predicted octanol–water partition coefficient (Wildman–Crippen LogP) is 3.52. The molecule has 154 valence electrons. The van der Waals surface area contributed by atoms with Crippen LogP contribution in [0.2, 0.25) is 0 Å². The molecule has 1 heterocycles. The zero-order valence-electron chi connectivity index (χ0n) is 17.7. The van der Waals surface area contributed by atoms with Crippen LogP contribution in [0.25, 0.3) is 0 Å². The van der Waals surface area contributed by atoms with Gasteiger partial charge >= 0.3 is 0 Å². The highest BCUT2D eigenvalue weighted by Gasteiger charge is 2.23. The molecule has 5 heteroatoms. The standard InChI is InChI=1S/C24H31N3O2/c1-4-25-14-16-26(17-15-25)23(28)21-10-12-22(13-11-21)24(29)27(19(2)3)18-20-8-6-5-7-9-20/h5-13,19H,4,14-18H2,1-3H3. The van der Waals surface area contributed by atoms with E-state index in [1.54, 1.807) is 24.3 Å². The van der Waals surface area contributed by atoms with Gasteiger partial charge in [-0.1, -0.05) is 37.3 Å². The second kappa shape index (κ2) is 9.70. The molecule has 2 aromatic rings. The summed E-state index contributed by atoms with van der Waals surface area (Å²) in [6.45, 7) is 11.1. The zero-order valence-corrected chi connectivity index (χ0v) is 17.7. The molecule has 0 aromatic heterocycles. The van der Waals surface area contributed by atoms with Gasteiger partial charge in [0.1, 0.15) is 0 Å². The van der Waals surface area contributed by atoms with E-state index in [9.17, 15) is 9.59 Å². The van der Waals surface area contributed by atoms with Gasteiger partial charge in [0.15, 0.2) is 0 Å². The molecule has 0 atom stereocenters. The maximum Gasteiger partial charge on any atom is 0.254 e. The first-order valence-electron chi connectivity index (χ1n) is 10.5. The van der Waals surface area contributed by atoms with Gasteiger partial charge in [0.2, 0.25) is 0 Å². The Hall–Kier alpha value is -2.66. The van der Waals surface area contributed by atoms with E-state index in [1.165, 1.54) is 0 Å². The minimum atomic E-state index is -0.0144. The number of carbonyl (C=O) groups excluding carboxylic acids is 2. The molecule has 1 fully saturated rings. The number of hydrogen-bond donors (Lipinski definition) is 0. The number of likely N-dealkylation sites (N-methyl/N-ethyl adjacent to an activating group) is 1. The molecule has 0 saturated carbocycles.